The second kappa shape index (κ2) is 5.60. The summed E-state index contributed by atoms with van der Waals surface area (Å²) in [6.07, 6.45) is 4.28. The van der Waals surface area contributed by atoms with Crippen molar-refractivity contribution in [3.63, 3.8) is 0 Å². The lowest BCUT2D eigenvalue weighted by Gasteiger charge is -2.41. The Kier molecular flexibility index (Phi) is 4.00. The molecule has 2 unspecified atom stereocenters. The maximum absolute atomic E-state index is 14.1. The molecule has 0 aromatic heterocycles. The second-order valence-corrected chi connectivity index (χ2v) is 6.59. The second-order valence-electron chi connectivity index (χ2n) is 5.74. The van der Waals surface area contributed by atoms with Gasteiger partial charge in [0.2, 0.25) is 0 Å². The van der Waals surface area contributed by atoms with Crippen molar-refractivity contribution in [3.05, 3.63) is 28.2 Å². The molecule has 0 aliphatic carbocycles. The first-order valence-electron chi connectivity index (χ1n) is 7.26. The van der Waals surface area contributed by atoms with Crippen LogP contribution in [0.1, 0.15) is 32.6 Å². The molecule has 2 aliphatic rings. The zero-order valence-electron chi connectivity index (χ0n) is 11.5. The third-order valence-electron chi connectivity index (χ3n) is 4.49. The number of nitrogens with zero attached hydrogens (tertiary/aromatic N) is 1. The van der Waals surface area contributed by atoms with E-state index in [-0.39, 0.29) is 0 Å². The Morgan fingerprint density at radius 1 is 1.20 bits per heavy atom. The fraction of sp³-hybridized carbons (Fsp3) is 0.600. The standard InChI is InChI=1S/C15H19BrF2N2/c1-2-19-9-5-10-3-4-11(6-9)20(10)15-7-12(16)13(17)8-14(15)18/h7-11,19H,2-6H2,1H3. The average molecular weight is 345 g/mol. The van der Waals surface area contributed by atoms with Crippen LogP contribution >= 0.6 is 15.9 Å². The molecule has 3 rings (SSSR count). The number of hydrogen-bond donors (Lipinski definition) is 1. The predicted molar refractivity (Wildman–Crippen MR) is 80.0 cm³/mol. The zero-order valence-corrected chi connectivity index (χ0v) is 13.1. The Balaban J connectivity index is 1.87. The van der Waals surface area contributed by atoms with Crippen LogP contribution in [0.5, 0.6) is 0 Å². The summed E-state index contributed by atoms with van der Waals surface area (Å²) < 4.78 is 27.8. The molecule has 1 aromatic carbocycles. The van der Waals surface area contributed by atoms with E-state index in [9.17, 15) is 8.78 Å². The van der Waals surface area contributed by atoms with Crippen molar-refractivity contribution in [2.24, 2.45) is 0 Å². The van der Waals surface area contributed by atoms with Crippen LogP contribution in [-0.2, 0) is 0 Å². The van der Waals surface area contributed by atoms with Gasteiger partial charge in [0.05, 0.1) is 10.2 Å². The Bertz CT molecular complexity index is 495. The molecule has 2 fully saturated rings. The van der Waals surface area contributed by atoms with Crippen LogP contribution in [0, 0.1) is 11.6 Å². The highest BCUT2D eigenvalue weighted by Crippen LogP contribution is 2.41. The molecule has 1 N–H and O–H groups in total. The molecule has 2 atom stereocenters. The first-order valence-corrected chi connectivity index (χ1v) is 8.05. The van der Waals surface area contributed by atoms with Crippen molar-refractivity contribution in [1.82, 2.24) is 5.32 Å². The quantitative estimate of drug-likeness (QED) is 0.838. The molecular weight excluding hydrogens is 326 g/mol. The fourth-order valence-corrected chi connectivity index (χ4v) is 4.07. The Hall–Kier alpha value is -0.680. The van der Waals surface area contributed by atoms with Gasteiger partial charge in [-0.1, -0.05) is 6.92 Å². The maximum atomic E-state index is 14.1. The van der Waals surface area contributed by atoms with Gasteiger partial charge in [-0.05, 0) is 54.2 Å². The molecule has 2 aliphatic heterocycles. The number of nitrogens with one attached hydrogen (secondary N) is 1. The highest BCUT2D eigenvalue weighted by Gasteiger charge is 2.41. The van der Waals surface area contributed by atoms with Crippen molar-refractivity contribution in [1.29, 1.82) is 0 Å². The molecule has 2 nitrogen and oxygen atoms in total. The van der Waals surface area contributed by atoms with Gasteiger partial charge in [0.25, 0.3) is 0 Å². The normalized spacial score (nSPS) is 29.0. The van der Waals surface area contributed by atoms with Crippen molar-refractivity contribution >= 4 is 21.6 Å². The van der Waals surface area contributed by atoms with E-state index in [4.69, 9.17) is 0 Å². The predicted octanol–water partition coefficient (Wildman–Crippen LogP) is 3.84. The van der Waals surface area contributed by atoms with Gasteiger partial charge in [0, 0.05) is 24.2 Å². The van der Waals surface area contributed by atoms with Gasteiger partial charge >= 0.3 is 0 Å². The minimum Gasteiger partial charge on any atom is -0.363 e. The maximum Gasteiger partial charge on any atom is 0.149 e. The molecular formula is C15H19BrF2N2. The summed E-state index contributed by atoms with van der Waals surface area (Å²) in [6.45, 7) is 3.09. The minimum atomic E-state index is -0.541. The number of hydrogen-bond acceptors (Lipinski definition) is 2. The highest BCUT2D eigenvalue weighted by atomic mass is 79.9. The van der Waals surface area contributed by atoms with Crippen LogP contribution in [0.25, 0.3) is 0 Å². The Morgan fingerprint density at radius 2 is 1.85 bits per heavy atom. The van der Waals surface area contributed by atoms with E-state index in [0.717, 1.165) is 38.3 Å². The molecule has 0 radical (unpaired) electrons. The third-order valence-corrected chi connectivity index (χ3v) is 5.10. The highest BCUT2D eigenvalue weighted by molar-refractivity contribution is 9.10. The first-order chi connectivity index (χ1) is 9.60. The van der Waals surface area contributed by atoms with Gasteiger partial charge < -0.3 is 10.2 Å². The fourth-order valence-electron chi connectivity index (χ4n) is 3.74. The van der Waals surface area contributed by atoms with Crippen molar-refractivity contribution < 1.29 is 8.78 Å². The van der Waals surface area contributed by atoms with E-state index < -0.39 is 11.6 Å². The van der Waals surface area contributed by atoms with Crippen LogP contribution < -0.4 is 10.2 Å². The molecule has 0 spiro atoms. The largest absolute Gasteiger partial charge is 0.363 e. The summed E-state index contributed by atoms with van der Waals surface area (Å²) in [5.41, 5.74) is 0.542. The first kappa shape index (κ1) is 14.3. The Labute approximate surface area is 126 Å². The van der Waals surface area contributed by atoms with E-state index in [1.807, 2.05) is 0 Å². The number of rotatable bonds is 3. The Morgan fingerprint density at radius 3 is 2.45 bits per heavy atom. The van der Waals surface area contributed by atoms with Gasteiger partial charge in [-0.2, -0.15) is 0 Å². The molecule has 5 heteroatoms. The summed E-state index contributed by atoms with van der Waals surface area (Å²) in [7, 11) is 0. The van der Waals surface area contributed by atoms with E-state index in [1.165, 1.54) is 0 Å². The molecule has 20 heavy (non-hydrogen) atoms. The van der Waals surface area contributed by atoms with Crippen molar-refractivity contribution in [3.8, 4) is 0 Å². The van der Waals surface area contributed by atoms with Gasteiger partial charge in [-0.3, -0.25) is 0 Å². The van der Waals surface area contributed by atoms with Gasteiger partial charge in [-0.15, -0.1) is 0 Å². The summed E-state index contributed by atoms with van der Waals surface area (Å²) in [6, 6.07) is 3.83. The number of halogens is 3. The number of anilines is 1. The van der Waals surface area contributed by atoms with Crippen LogP contribution in [0.2, 0.25) is 0 Å². The summed E-state index contributed by atoms with van der Waals surface area (Å²) >= 11 is 3.16. The number of fused-ring (bicyclic) bond motifs is 2. The SMILES string of the molecule is CCNC1CC2CCC(C1)N2c1cc(Br)c(F)cc1F. The molecule has 0 saturated carbocycles. The molecule has 2 saturated heterocycles. The molecule has 110 valence electrons. The zero-order chi connectivity index (χ0) is 14.3. The van der Waals surface area contributed by atoms with Crippen LogP contribution in [0.3, 0.4) is 0 Å². The number of benzene rings is 1. The number of piperidine rings is 1. The smallest absolute Gasteiger partial charge is 0.149 e. The van der Waals surface area contributed by atoms with E-state index >= 15 is 0 Å². The van der Waals surface area contributed by atoms with Crippen molar-refractivity contribution in [2.75, 3.05) is 11.4 Å². The summed E-state index contributed by atoms with van der Waals surface area (Å²) in [5.74, 6) is -0.995. The van der Waals surface area contributed by atoms with E-state index in [1.54, 1.807) is 6.07 Å². The molecule has 2 heterocycles. The monoisotopic (exact) mass is 344 g/mol. The van der Waals surface area contributed by atoms with Gasteiger partial charge in [-0.25, -0.2) is 8.78 Å². The lowest BCUT2D eigenvalue weighted by molar-refractivity contribution is 0.358. The lowest BCUT2D eigenvalue weighted by Crippen LogP contribution is -2.49. The van der Waals surface area contributed by atoms with Crippen molar-refractivity contribution in [2.45, 2.75) is 50.7 Å². The average Bonchev–Trinajstić information content (AvgIpc) is 2.66. The van der Waals surface area contributed by atoms with E-state index in [0.29, 0.717) is 28.3 Å². The van der Waals surface area contributed by atoms with E-state index in [2.05, 4.69) is 33.1 Å². The van der Waals surface area contributed by atoms with Crippen LogP contribution in [0.4, 0.5) is 14.5 Å². The lowest BCUT2D eigenvalue weighted by atomic mass is 9.96. The molecule has 0 amide bonds. The van der Waals surface area contributed by atoms with Gasteiger partial charge in [0.15, 0.2) is 0 Å². The summed E-state index contributed by atoms with van der Waals surface area (Å²) in [5, 5.41) is 3.50. The molecule has 1 aromatic rings. The van der Waals surface area contributed by atoms with Crippen LogP contribution in [0.15, 0.2) is 16.6 Å². The molecule has 2 bridgehead atoms. The van der Waals surface area contributed by atoms with Gasteiger partial charge in [0.1, 0.15) is 11.6 Å². The minimum absolute atomic E-state index is 0.335. The van der Waals surface area contributed by atoms with Crippen LogP contribution in [-0.4, -0.2) is 24.7 Å². The third kappa shape index (κ3) is 2.46. The topological polar surface area (TPSA) is 15.3 Å². The summed E-state index contributed by atoms with van der Waals surface area (Å²) in [4.78, 5) is 2.17.